The van der Waals surface area contributed by atoms with Crippen molar-refractivity contribution in [1.29, 1.82) is 0 Å². The van der Waals surface area contributed by atoms with Crippen LogP contribution in [0.4, 0.5) is 0 Å². The summed E-state index contributed by atoms with van der Waals surface area (Å²) in [5, 5.41) is 18.1. The van der Waals surface area contributed by atoms with Gasteiger partial charge in [-0.1, -0.05) is 31.4 Å². The molecule has 1 fully saturated rings. The molecule has 1 saturated carbocycles. The highest BCUT2D eigenvalue weighted by Crippen LogP contribution is 2.35. The lowest BCUT2D eigenvalue weighted by Crippen LogP contribution is -2.38. The van der Waals surface area contributed by atoms with Crippen molar-refractivity contribution in [2.75, 3.05) is 13.2 Å². The molecule has 1 aromatic rings. The number of aliphatic hydroxyl groups excluding tert-OH is 1. The average Bonchev–Trinajstić information content (AvgIpc) is 2.48. The summed E-state index contributed by atoms with van der Waals surface area (Å²) in [7, 11) is -3.66. The summed E-state index contributed by atoms with van der Waals surface area (Å²) in [6, 6.07) is 6.65. The molecule has 0 aromatic heterocycles. The number of sulfonamides is 1. The molecule has 6 heteroatoms. The van der Waals surface area contributed by atoms with E-state index in [1.165, 1.54) is 25.3 Å². The van der Waals surface area contributed by atoms with Gasteiger partial charge in [-0.3, -0.25) is 0 Å². The van der Waals surface area contributed by atoms with E-state index in [0.717, 1.165) is 24.9 Å². The van der Waals surface area contributed by atoms with Crippen LogP contribution in [0.1, 0.15) is 37.7 Å². The number of primary sulfonamides is 1. The third-order valence-corrected chi connectivity index (χ3v) is 5.22. The third-order valence-electron chi connectivity index (χ3n) is 4.31. The predicted octanol–water partition coefficient (Wildman–Crippen LogP) is 1.37. The normalized spacial score (nSPS) is 18.6. The van der Waals surface area contributed by atoms with E-state index >= 15 is 0 Å². The fourth-order valence-corrected chi connectivity index (χ4v) is 3.58. The van der Waals surface area contributed by atoms with Crippen molar-refractivity contribution in [2.45, 2.75) is 43.5 Å². The molecule has 4 N–H and O–H groups in total. The molecule has 0 saturated heterocycles. The van der Waals surface area contributed by atoms with Crippen LogP contribution in [0.2, 0.25) is 0 Å². The van der Waals surface area contributed by atoms with Crippen molar-refractivity contribution in [1.82, 2.24) is 5.32 Å². The molecule has 1 aromatic carbocycles. The first kappa shape index (κ1) is 16.4. The van der Waals surface area contributed by atoms with Crippen LogP contribution >= 0.6 is 0 Å². The summed E-state index contributed by atoms with van der Waals surface area (Å²) in [4.78, 5) is 0.135. The topological polar surface area (TPSA) is 92.4 Å². The Balaban J connectivity index is 1.94. The lowest BCUT2D eigenvalue weighted by molar-refractivity contribution is 0.0810. The Morgan fingerprint density at radius 2 is 1.95 bits per heavy atom. The maximum atomic E-state index is 11.3. The summed E-state index contributed by atoms with van der Waals surface area (Å²) in [5.41, 5.74) is 0.862. The van der Waals surface area contributed by atoms with Gasteiger partial charge in [0.25, 0.3) is 0 Å². The minimum atomic E-state index is -3.66. The Bertz CT molecular complexity index is 566. The monoisotopic (exact) mass is 312 g/mol. The van der Waals surface area contributed by atoms with Gasteiger partial charge in [-0.15, -0.1) is 0 Å². The second-order valence-corrected chi connectivity index (χ2v) is 7.58. The first-order valence-electron chi connectivity index (χ1n) is 7.39. The first-order chi connectivity index (χ1) is 9.95. The van der Waals surface area contributed by atoms with E-state index in [0.29, 0.717) is 6.54 Å². The standard InChI is InChI=1S/C15H24N2O3S/c16-21(19,20)14-6-4-5-13(9-14)10-17-11-15(12-18)7-2-1-3-8-15/h4-6,9,17-18H,1-3,7-8,10-12H2,(H2,16,19,20). The molecule has 0 heterocycles. The van der Waals surface area contributed by atoms with E-state index in [2.05, 4.69) is 5.32 Å². The van der Waals surface area contributed by atoms with Crippen molar-refractivity contribution in [2.24, 2.45) is 10.6 Å². The second-order valence-electron chi connectivity index (χ2n) is 6.01. The van der Waals surface area contributed by atoms with Gasteiger partial charge in [-0.25, -0.2) is 13.6 Å². The highest BCUT2D eigenvalue weighted by Gasteiger charge is 2.30. The number of benzene rings is 1. The zero-order chi connectivity index (χ0) is 15.3. The van der Waals surface area contributed by atoms with E-state index < -0.39 is 10.0 Å². The van der Waals surface area contributed by atoms with Gasteiger partial charge in [-0.2, -0.15) is 0 Å². The molecular formula is C15H24N2O3S. The fraction of sp³-hybridized carbons (Fsp3) is 0.600. The van der Waals surface area contributed by atoms with Crippen LogP contribution in [0.3, 0.4) is 0 Å². The number of nitrogens with one attached hydrogen (secondary N) is 1. The molecule has 0 bridgehead atoms. The molecule has 0 aliphatic heterocycles. The molecule has 118 valence electrons. The molecule has 5 nitrogen and oxygen atoms in total. The Hall–Kier alpha value is -0.950. The highest BCUT2D eigenvalue weighted by molar-refractivity contribution is 7.89. The van der Waals surface area contributed by atoms with Gasteiger partial charge in [0.2, 0.25) is 10.0 Å². The lowest BCUT2D eigenvalue weighted by atomic mass is 9.74. The Morgan fingerprint density at radius 1 is 1.24 bits per heavy atom. The molecule has 0 amide bonds. The highest BCUT2D eigenvalue weighted by atomic mass is 32.2. The molecule has 0 spiro atoms. The van der Waals surface area contributed by atoms with E-state index in [9.17, 15) is 13.5 Å². The molecule has 1 aliphatic carbocycles. The number of aliphatic hydroxyl groups is 1. The molecule has 0 unspecified atom stereocenters. The van der Waals surface area contributed by atoms with E-state index in [1.54, 1.807) is 12.1 Å². The quantitative estimate of drug-likeness (QED) is 0.739. The van der Waals surface area contributed by atoms with E-state index in [1.807, 2.05) is 6.07 Å². The van der Waals surface area contributed by atoms with Gasteiger partial charge in [0, 0.05) is 25.1 Å². The molecule has 21 heavy (non-hydrogen) atoms. The first-order valence-corrected chi connectivity index (χ1v) is 8.93. The maximum Gasteiger partial charge on any atom is 0.238 e. The minimum Gasteiger partial charge on any atom is -0.396 e. The van der Waals surface area contributed by atoms with Crippen LogP contribution in [-0.4, -0.2) is 26.7 Å². The Labute approximate surface area is 126 Å². The molecule has 0 radical (unpaired) electrons. The molecule has 1 aliphatic rings. The van der Waals surface area contributed by atoms with E-state index in [4.69, 9.17) is 5.14 Å². The van der Waals surface area contributed by atoms with Crippen LogP contribution in [0.5, 0.6) is 0 Å². The molecule has 0 atom stereocenters. The smallest absolute Gasteiger partial charge is 0.238 e. The number of hydrogen-bond acceptors (Lipinski definition) is 4. The van der Waals surface area contributed by atoms with Gasteiger partial charge in [0.15, 0.2) is 0 Å². The number of hydrogen-bond donors (Lipinski definition) is 3. The van der Waals surface area contributed by atoms with Gasteiger partial charge in [0.05, 0.1) is 4.90 Å². The summed E-state index contributed by atoms with van der Waals surface area (Å²) in [6.07, 6.45) is 5.69. The van der Waals surface area contributed by atoms with Crippen molar-refractivity contribution in [3.05, 3.63) is 29.8 Å². The fourth-order valence-electron chi connectivity index (χ4n) is 3.00. The van der Waals surface area contributed by atoms with Crippen LogP contribution in [0, 0.1) is 5.41 Å². The van der Waals surface area contributed by atoms with Crippen LogP contribution in [0.15, 0.2) is 29.2 Å². The third kappa shape index (κ3) is 4.51. The predicted molar refractivity (Wildman–Crippen MR) is 82.1 cm³/mol. The summed E-state index contributed by atoms with van der Waals surface area (Å²) in [6.45, 7) is 1.53. The average molecular weight is 312 g/mol. The Kier molecular flexibility index (Phi) is 5.37. The van der Waals surface area contributed by atoms with Crippen molar-refractivity contribution in [3.8, 4) is 0 Å². The zero-order valence-corrected chi connectivity index (χ0v) is 13.0. The van der Waals surface area contributed by atoms with Crippen molar-refractivity contribution < 1.29 is 13.5 Å². The molecular weight excluding hydrogens is 288 g/mol. The second kappa shape index (κ2) is 6.87. The van der Waals surface area contributed by atoms with Crippen LogP contribution in [-0.2, 0) is 16.6 Å². The largest absolute Gasteiger partial charge is 0.396 e. The van der Waals surface area contributed by atoms with Gasteiger partial charge in [-0.05, 0) is 30.5 Å². The number of nitrogens with two attached hydrogens (primary N) is 1. The molecule has 2 rings (SSSR count). The zero-order valence-electron chi connectivity index (χ0n) is 12.2. The summed E-state index contributed by atoms with van der Waals surface area (Å²) in [5.74, 6) is 0. The minimum absolute atomic E-state index is 0.0181. The van der Waals surface area contributed by atoms with Crippen molar-refractivity contribution in [3.63, 3.8) is 0 Å². The van der Waals surface area contributed by atoms with Gasteiger partial charge < -0.3 is 10.4 Å². The van der Waals surface area contributed by atoms with Crippen LogP contribution in [0.25, 0.3) is 0 Å². The number of rotatable bonds is 6. The van der Waals surface area contributed by atoms with Gasteiger partial charge >= 0.3 is 0 Å². The van der Waals surface area contributed by atoms with Gasteiger partial charge in [0.1, 0.15) is 0 Å². The van der Waals surface area contributed by atoms with Crippen LogP contribution < -0.4 is 10.5 Å². The maximum absolute atomic E-state index is 11.3. The summed E-state index contributed by atoms with van der Waals surface area (Å²) < 4.78 is 22.7. The summed E-state index contributed by atoms with van der Waals surface area (Å²) >= 11 is 0. The lowest BCUT2D eigenvalue weighted by Gasteiger charge is -2.35. The SMILES string of the molecule is NS(=O)(=O)c1cccc(CNCC2(CO)CCCCC2)c1. The van der Waals surface area contributed by atoms with Crippen molar-refractivity contribution >= 4 is 10.0 Å². The Morgan fingerprint density at radius 3 is 2.57 bits per heavy atom. The van der Waals surface area contributed by atoms with E-state index in [-0.39, 0.29) is 16.9 Å².